The Bertz CT molecular complexity index is 270. The minimum atomic E-state index is 0.0343. The molecule has 1 heterocycles. The summed E-state index contributed by atoms with van der Waals surface area (Å²) in [6, 6.07) is 0.0343. The van der Waals surface area contributed by atoms with Crippen LogP contribution in [0.3, 0.4) is 0 Å². The summed E-state index contributed by atoms with van der Waals surface area (Å²) < 4.78 is 0. The molecule has 1 unspecified atom stereocenters. The van der Waals surface area contributed by atoms with Gasteiger partial charge in [0.2, 0.25) is 0 Å². The Morgan fingerprint density at radius 3 is 3.00 bits per heavy atom. The molecule has 0 fully saturated rings. The van der Waals surface area contributed by atoms with Crippen LogP contribution in [0.5, 0.6) is 0 Å². The summed E-state index contributed by atoms with van der Waals surface area (Å²) in [6.45, 7) is 2.02. The quantitative estimate of drug-likeness (QED) is 0.441. The van der Waals surface area contributed by atoms with Gasteiger partial charge in [-0.05, 0) is 18.6 Å². The van der Waals surface area contributed by atoms with Crippen LogP contribution in [0.1, 0.15) is 6.92 Å². The highest BCUT2D eigenvalue weighted by molar-refractivity contribution is 5.61. The molecule has 0 aromatic rings. The van der Waals surface area contributed by atoms with Crippen molar-refractivity contribution in [2.45, 2.75) is 13.0 Å². The second-order valence-corrected chi connectivity index (χ2v) is 2.83. The van der Waals surface area contributed by atoms with Gasteiger partial charge in [0.25, 0.3) is 0 Å². The Kier molecular flexibility index (Phi) is 4.00. The summed E-state index contributed by atoms with van der Waals surface area (Å²) in [5.41, 5.74) is 3.69. The molecule has 0 saturated carbocycles. The van der Waals surface area contributed by atoms with Crippen molar-refractivity contribution in [1.82, 2.24) is 16.1 Å². The lowest BCUT2D eigenvalue weighted by Crippen LogP contribution is -2.30. The topological polar surface area (TPSA) is 57.7 Å². The highest BCUT2D eigenvalue weighted by atomic mass is 16.6. The van der Waals surface area contributed by atoms with Gasteiger partial charge < -0.3 is 15.5 Å². The van der Waals surface area contributed by atoms with Crippen LogP contribution >= 0.6 is 0 Å². The third-order valence-electron chi connectivity index (χ3n) is 1.98. The van der Waals surface area contributed by atoms with Crippen molar-refractivity contribution < 1.29 is 4.84 Å². The summed E-state index contributed by atoms with van der Waals surface area (Å²) in [4.78, 5) is 9.14. The molecule has 0 aromatic carbocycles. The van der Waals surface area contributed by atoms with Crippen molar-refractivity contribution in [3.8, 4) is 0 Å². The van der Waals surface area contributed by atoms with Crippen molar-refractivity contribution in [3.05, 3.63) is 23.7 Å². The van der Waals surface area contributed by atoms with Gasteiger partial charge in [0.1, 0.15) is 12.1 Å². The maximum Gasteiger partial charge on any atom is 0.109 e. The molecular weight excluding hydrogens is 180 g/mol. The summed E-state index contributed by atoms with van der Waals surface area (Å²) in [5.74, 6) is 0.985. The molecule has 0 aromatic heterocycles. The zero-order chi connectivity index (χ0) is 10.4. The first-order valence-corrected chi connectivity index (χ1v) is 4.45. The minimum Gasteiger partial charge on any atom is -0.417 e. The van der Waals surface area contributed by atoms with E-state index in [0.717, 1.165) is 11.4 Å². The monoisotopic (exact) mass is 196 g/mol. The van der Waals surface area contributed by atoms with E-state index < -0.39 is 0 Å². The number of nitrogens with zero attached hydrogens (tertiary/aromatic N) is 1. The van der Waals surface area contributed by atoms with Crippen LogP contribution in [-0.4, -0.2) is 26.5 Å². The van der Waals surface area contributed by atoms with Gasteiger partial charge in [-0.1, -0.05) is 0 Å². The smallest absolute Gasteiger partial charge is 0.109 e. The van der Waals surface area contributed by atoms with Crippen LogP contribution in [0.15, 0.2) is 28.7 Å². The second kappa shape index (κ2) is 5.29. The number of hydrogen-bond acceptors (Lipinski definition) is 5. The molecule has 0 saturated heterocycles. The molecule has 1 aliphatic rings. The van der Waals surface area contributed by atoms with E-state index in [0.29, 0.717) is 0 Å². The van der Waals surface area contributed by atoms with Crippen LogP contribution in [0.2, 0.25) is 0 Å². The molecular formula is C9H16N4O. The van der Waals surface area contributed by atoms with Gasteiger partial charge in [-0.15, -0.1) is 0 Å². The van der Waals surface area contributed by atoms with Gasteiger partial charge in [-0.25, -0.2) is 0 Å². The molecule has 0 radical (unpaired) electrons. The minimum absolute atomic E-state index is 0.0343. The molecule has 5 heteroatoms. The zero-order valence-electron chi connectivity index (χ0n) is 8.66. The molecule has 1 aliphatic heterocycles. The molecule has 1 atom stereocenters. The van der Waals surface area contributed by atoms with Crippen molar-refractivity contribution >= 4 is 6.34 Å². The average Bonchev–Trinajstić information content (AvgIpc) is 2.21. The van der Waals surface area contributed by atoms with E-state index in [-0.39, 0.29) is 6.04 Å². The normalized spacial score (nSPS) is 21.2. The van der Waals surface area contributed by atoms with Crippen LogP contribution in [0.4, 0.5) is 0 Å². The lowest BCUT2D eigenvalue weighted by molar-refractivity contribution is 0.157. The molecule has 5 nitrogen and oxygen atoms in total. The molecule has 78 valence electrons. The summed E-state index contributed by atoms with van der Waals surface area (Å²) in [6.07, 6.45) is 5.14. The highest BCUT2D eigenvalue weighted by Gasteiger charge is 2.12. The predicted octanol–water partition coefficient (Wildman–Crippen LogP) is 0.102. The Labute approximate surface area is 83.9 Å². The molecule has 0 aliphatic carbocycles. The Morgan fingerprint density at radius 2 is 2.36 bits per heavy atom. The molecule has 1 rings (SSSR count). The average molecular weight is 196 g/mol. The fraction of sp³-hybridized carbons (Fsp3) is 0.444. The second-order valence-electron chi connectivity index (χ2n) is 2.83. The first-order chi connectivity index (χ1) is 6.79. The zero-order valence-corrected chi connectivity index (χ0v) is 8.66. The van der Waals surface area contributed by atoms with E-state index in [9.17, 15) is 0 Å². The van der Waals surface area contributed by atoms with Gasteiger partial charge in [-0.3, -0.25) is 4.99 Å². The van der Waals surface area contributed by atoms with E-state index >= 15 is 0 Å². The largest absolute Gasteiger partial charge is 0.417 e. The van der Waals surface area contributed by atoms with Crippen molar-refractivity contribution in [2.24, 2.45) is 4.99 Å². The van der Waals surface area contributed by atoms with E-state index in [1.54, 1.807) is 19.6 Å². The summed E-state index contributed by atoms with van der Waals surface area (Å²) in [5, 5.41) is 6.09. The van der Waals surface area contributed by atoms with Crippen LogP contribution in [-0.2, 0) is 4.84 Å². The maximum absolute atomic E-state index is 4.89. The van der Waals surface area contributed by atoms with Crippen molar-refractivity contribution in [3.63, 3.8) is 0 Å². The third-order valence-corrected chi connectivity index (χ3v) is 1.98. The molecule has 3 N–H and O–H groups in total. The lowest BCUT2D eigenvalue weighted by atomic mass is 10.1. The van der Waals surface area contributed by atoms with Gasteiger partial charge in [0.05, 0.1) is 12.4 Å². The van der Waals surface area contributed by atoms with E-state index in [1.165, 1.54) is 0 Å². The first-order valence-electron chi connectivity index (χ1n) is 4.45. The standard InChI is InChI=1S/C9H16N4O/c1-7-8(4-5-14-11-3)12-6-13-9(7)10-2/h4-6,8,10-11H,1-3H3,(H,12,13)/b5-4+. The van der Waals surface area contributed by atoms with E-state index in [4.69, 9.17) is 4.84 Å². The number of rotatable bonds is 4. The molecule has 0 amide bonds. The Balaban J connectivity index is 2.64. The maximum atomic E-state index is 4.89. The fourth-order valence-corrected chi connectivity index (χ4v) is 1.20. The summed E-state index contributed by atoms with van der Waals surface area (Å²) in [7, 11) is 3.58. The Hall–Kier alpha value is -1.49. The number of nitrogens with one attached hydrogen (secondary N) is 3. The number of aliphatic imine (C=N–C) groups is 1. The Morgan fingerprint density at radius 1 is 1.57 bits per heavy atom. The van der Waals surface area contributed by atoms with Crippen LogP contribution in [0, 0.1) is 0 Å². The summed E-state index contributed by atoms with van der Waals surface area (Å²) >= 11 is 0. The van der Waals surface area contributed by atoms with E-state index in [2.05, 4.69) is 21.1 Å². The highest BCUT2D eigenvalue weighted by Crippen LogP contribution is 2.12. The van der Waals surface area contributed by atoms with Gasteiger partial charge in [0.15, 0.2) is 0 Å². The molecule has 0 bridgehead atoms. The van der Waals surface area contributed by atoms with Crippen molar-refractivity contribution in [1.29, 1.82) is 0 Å². The first kappa shape index (κ1) is 10.6. The molecule has 0 spiro atoms. The van der Waals surface area contributed by atoms with Crippen LogP contribution < -0.4 is 16.1 Å². The van der Waals surface area contributed by atoms with Gasteiger partial charge in [-0.2, -0.15) is 5.48 Å². The third kappa shape index (κ3) is 2.50. The van der Waals surface area contributed by atoms with Crippen molar-refractivity contribution in [2.75, 3.05) is 14.1 Å². The van der Waals surface area contributed by atoms with Gasteiger partial charge in [0, 0.05) is 14.1 Å². The van der Waals surface area contributed by atoms with Crippen LogP contribution in [0.25, 0.3) is 0 Å². The fourth-order valence-electron chi connectivity index (χ4n) is 1.20. The molecule has 14 heavy (non-hydrogen) atoms. The SMILES string of the molecule is CNO/C=C/C1N=CNC(NC)=C1C. The lowest BCUT2D eigenvalue weighted by Gasteiger charge is -2.19. The predicted molar refractivity (Wildman–Crippen MR) is 56.5 cm³/mol. The van der Waals surface area contributed by atoms with E-state index in [1.807, 2.05) is 20.0 Å². The number of hydrogen-bond donors (Lipinski definition) is 3. The van der Waals surface area contributed by atoms with Gasteiger partial charge >= 0.3 is 0 Å². The number of hydroxylamine groups is 1.